The van der Waals surface area contributed by atoms with Crippen molar-refractivity contribution in [3.8, 4) is 5.75 Å². The molecule has 2 aromatic carbocycles. The van der Waals surface area contributed by atoms with E-state index in [1.807, 2.05) is 30.3 Å². The van der Waals surface area contributed by atoms with Crippen LogP contribution in [0.15, 0.2) is 65.9 Å². The number of ether oxygens (including phenoxy) is 1. The molecule has 0 radical (unpaired) electrons. The number of hydrogen-bond donors (Lipinski definition) is 4. The summed E-state index contributed by atoms with van der Waals surface area (Å²) in [5.41, 5.74) is 4.95. The summed E-state index contributed by atoms with van der Waals surface area (Å²) in [6.45, 7) is 0.305. The van der Waals surface area contributed by atoms with Gasteiger partial charge in [-0.25, -0.2) is 0 Å². The molecule has 0 saturated carbocycles. The molecule has 0 amide bonds. The number of hydrogen-bond acceptors (Lipinski definition) is 5. The molecule has 6 heteroatoms. The van der Waals surface area contributed by atoms with Crippen molar-refractivity contribution < 1.29 is 25.2 Å². The fourth-order valence-electron chi connectivity index (χ4n) is 2.63. The van der Waals surface area contributed by atoms with Crippen LogP contribution in [0.1, 0.15) is 30.1 Å². The average Bonchev–Trinajstić information content (AvgIpc) is 2.67. The zero-order chi connectivity index (χ0) is 20.4. The predicted molar refractivity (Wildman–Crippen MR) is 108 cm³/mol. The highest BCUT2D eigenvalue weighted by Crippen LogP contribution is 2.28. The smallest absolute Gasteiger partial charge is 0.117 e. The van der Waals surface area contributed by atoms with Crippen LogP contribution in [-0.2, 0) is 11.3 Å². The molecular weight excluding hydrogens is 380 g/mol. The summed E-state index contributed by atoms with van der Waals surface area (Å²) in [5.74, 6) is 0.0300. The van der Waals surface area contributed by atoms with Crippen LogP contribution in [-0.4, -0.2) is 39.7 Å². The van der Waals surface area contributed by atoms with E-state index in [0.717, 1.165) is 5.56 Å². The first-order valence-electron chi connectivity index (χ1n) is 8.99. The minimum absolute atomic E-state index is 0.0300. The van der Waals surface area contributed by atoms with E-state index in [4.69, 9.17) is 16.3 Å². The van der Waals surface area contributed by atoms with Gasteiger partial charge in [-0.3, -0.25) is 0 Å². The molecule has 0 aliphatic heterocycles. The van der Waals surface area contributed by atoms with E-state index >= 15 is 0 Å². The molecule has 0 aliphatic rings. The van der Waals surface area contributed by atoms with Crippen LogP contribution in [0.25, 0.3) is 0 Å². The third-order valence-corrected chi connectivity index (χ3v) is 4.41. The van der Waals surface area contributed by atoms with E-state index in [1.165, 1.54) is 12.1 Å². The zero-order valence-corrected chi connectivity index (χ0v) is 16.2. The minimum atomic E-state index is -0.861. The Bertz CT molecular complexity index is 800. The zero-order valence-electron chi connectivity index (χ0n) is 15.5. The number of benzene rings is 2. The summed E-state index contributed by atoms with van der Waals surface area (Å²) in [6.07, 6.45) is 0.423. The maximum Gasteiger partial charge on any atom is 0.117 e. The third-order valence-electron chi connectivity index (χ3n) is 4.09. The normalized spacial score (nSPS) is 12.9. The van der Waals surface area contributed by atoms with E-state index in [9.17, 15) is 20.4 Å². The van der Waals surface area contributed by atoms with Crippen LogP contribution in [0.2, 0.25) is 5.02 Å². The highest BCUT2D eigenvalue weighted by atomic mass is 35.5. The lowest BCUT2D eigenvalue weighted by Gasteiger charge is -2.12. The van der Waals surface area contributed by atoms with Gasteiger partial charge >= 0.3 is 0 Å². The molecule has 5 nitrogen and oxygen atoms in total. The molecule has 0 spiro atoms. The predicted octanol–water partition coefficient (Wildman–Crippen LogP) is 3.51. The van der Waals surface area contributed by atoms with Crippen molar-refractivity contribution in [3.05, 3.63) is 82.1 Å². The molecule has 2 atom stereocenters. The second kappa shape index (κ2) is 11.7. The van der Waals surface area contributed by atoms with Gasteiger partial charge in [0.25, 0.3) is 0 Å². The van der Waals surface area contributed by atoms with E-state index in [2.05, 4.69) is 5.73 Å². The molecule has 0 bridgehead atoms. The highest BCUT2D eigenvalue weighted by molar-refractivity contribution is 6.31. The Morgan fingerprint density at radius 3 is 2.57 bits per heavy atom. The van der Waals surface area contributed by atoms with E-state index < -0.39 is 12.2 Å². The Labute approximate surface area is 169 Å². The third kappa shape index (κ3) is 7.49. The van der Waals surface area contributed by atoms with Gasteiger partial charge in [-0.05, 0) is 34.9 Å². The van der Waals surface area contributed by atoms with Crippen LogP contribution >= 0.6 is 11.6 Å². The van der Waals surface area contributed by atoms with E-state index in [1.54, 1.807) is 12.1 Å². The van der Waals surface area contributed by atoms with Gasteiger partial charge in [0, 0.05) is 12.8 Å². The SMILES string of the molecule is OCC(=C=CC[C@@H](O)c1ccc(O)cc1Cl)C[C@@H](O)COCc1ccccc1. The van der Waals surface area contributed by atoms with Gasteiger partial charge in [0.05, 0.1) is 37.1 Å². The van der Waals surface area contributed by atoms with Gasteiger partial charge in [-0.2, -0.15) is 0 Å². The first-order valence-corrected chi connectivity index (χ1v) is 9.37. The van der Waals surface area contributed by atoms with Gasteiger partial charge < -0.3 is 25.2 Å². The lowest BCUT2D eigenvalue weighted by molar-refractivity contribution is 0.0278. The molecule has 28 heavy (non-hydrogen) atoms. The van der Waals surface area contributed by atoms with Gasteiger partial charge in [0.2, 0.25) is 0 Å². The second-order valence-corrected chi connectivity index (χ2v) is 6.83. The van der Waals surface area contributed by atoms with Gasteiger partial charge in [-0.15, -0.1) is 5.73 Å². The van der Waals surface area contributed by atoms with E-state index in [0.29, 0.717) is 17.7 Å². The van der Waals surface area contributed by atoms with Gasteiger partial charge in [-0.1, -0.05) is 48.0 Å². The lowest BCUT2D eigenvalue weighted by Crippen LogP contribution is -2.16. The molecule has 150 valence electrons. The Kier molecular flexibility index (Phi) is 9.24. The van der Waals surface area contributed by atoms with Crippen molar-refractivity contribution in [3.63, 3.8) is 0 Å². The maximum atomic E-state index is 10.2. The van der Waals surface area contributed by atoms with Crippen molar-refractivity contribution in [1.29, 1.82) is 0 Å². The standard InChI is InChI=1S/C22H25ClO5/c23-21-12-18(25)9-10-20(21)22(27)8-4-7-17(13-24)11-19(26)15-28-14-16-5-2-1-3-6-16/h1-6,9-10,12,19,22,24-27H,8,11,13-15H2/t7?,19-,22-/m1/s1. The first kappa shape index (κ1) is 22.2. The van der Waals surface area contributed by atoms with Crippen LogP contribution in [0.5, 0.6) is 5.75 Å². The summed E-state index contributed by atoms with van der Waals surface area (Å²) in [5, 5.41) is 39.4. The van der Waals surface area contributed by atoms with Crippen molar-refractivity contribution in [2.75, 3.05) is 13.2 Å². The van der Waals surface area contributed by atoms with Gasteiger partial charge in [0.1, 0.15) is 5.75 Å². The van der Waals surface area contributed by atoms with Crippen molar-refractivity contribution >= 4 is 11.6 Å². The van der Waals surface area contributed by atoms with Crippen LogP contribution < -0.4 is 0 Å². The van der Waals surface area contributed by atoms with E-state index in [-0.39, 0.29) is 36.8 Å². The molecule has 4 N–H and O–H groups in total. The highest BCUT2D eigenvalue weighted by Gasteiger charge is 2.11. The summed E-state index contributed by atoms with van der Waals surface area (Å²) in [7, 11) is 0. The average molecular weight is 405 g/mol. The fourth-order valence-corrected chi connectivity index (χ4v) is 2.93. The molecular formula is C22H25ClO5. The van der Waals surface area contributed by atoms with Crippen molar-refractivity contribution in [2.24, 2.45) is 0 Å². The number of rotatable bonds is 10. The monoisotopic (exact) mass is 404 g/mol. The number of halogens is 1. The summed E-state index contributed by atoms with van der Waals surface area (Å²) < 4.78 is 5.49. The molecule has 2 aromatic rings. The first-order chi connectivity index (χ1) is 13.5. The molecule has 0 aromatic heterocycles. The number of phenols is 1. The van der Waals surface area contributed by atoms with Crippen LogP contribution in [0.4, 0.5) is 0 Å². The quantitative estimate of drug-likeness (QED) is 0.455. The minimum Gasteiger partial charge on any atom is -0.508 e. The fraction of sp³-hybridized carbons (Fsp3) is 0.318. The molecule has 0 fully saturated rings. The summed E-state index contributed by atoms with van der Waals surface area (Å²) in [4.78, 5) is 0. The Hall–Kier alpha value is -2.11. The molecule has 0 aliphatic carbocycles. The van der Waals surface area contributed by atoms with Gasteiger partial charge in [0.15, 0.2) is 0 Å². The summed E-state index contributed by atoms with van der Waals surface area (Å²) >= 11 is 6.01. The maximum absolute atomic E-state index is 10.2. The number of aromatic hydroxyl groups is 1. The number of phenolic OH excluding ortho intramolecular Hbond substituents is 1. The Morgan fingerprint density at radius 1 is 1.14 bits per heavy atom. The summed E-state index contributed by atoms with van der Waals surface area (Å²) in [6, 6.07) is 14.0. The number of aliphatic hydroxyl groups is 3. The molecule has 2 rings (SSSR count). The van der Waals surface area contributed by atoms with Crippen LogP contribution in [0, 0.1) is 0 Å². The lowest BCUT2D eigenvalue weighted by atomic mass is 10.1. The second-order valence-electron chi connectivity index (χ2n) is 6.43. The van der Waals surface area contributed by atoms with Crippen molar-refractivity contribution in [1.82, 2.24) is 0 Å². The molecule has 0 unspecified atom stereocenters. The Balaban J connectivity index is 1.84. The Morgan fingerprint density at radius 2 is 1.89 bits per heavy atom. The largest absolute Gasteiger partial charge is 0.508 e. The number of aliphatic hydroxyl groups excluding tert-OH is 3. The van der Waals surface area contributed by atoms with Crippen molar-refractivity contribution in [2.45, 2.75) is 31.7 Å². The van der Waals surface area contributed by atoms with Crippen LogP contribution in [0.3, 0.4) is 0 Å². The topological polar surface area (TPSA) is 90.2 Å². The molecule has 0 heterocycles. The molecule has 0 saturated heterocycles.